The van der Waals surface area contributed by atoms with E-state index in [0.717, 1.165) is 24.8 Å². The summed E-state index contributed by atoms with van der Waals surface area (Å²) in [6.45, 7) is 0. The highest BCUT2D eigenvalue weighted by molar-refractivity contribution is 7.07. The van der Waals surface area contributed by atoms with Gasteiger partial charge >= 0.3 is 5.97 Å². The van der Waals surface area contributed by atoms with E-state index in [-0.39, 0.29) is 12.3 Å². The van der Waals surface area contributed by atoms with Gasteiger partial charge in [-0.1, -0.05) is 19.3 Å². The van der Waals surface area contributed by atoms with Crippen molar-refractivity contribution in [2.45, 2.75) is 44.1 Å². The molecule has 0 unspecified atom stereocenters. The highest BCUT2D eigenvalue weighted by atomic mass is 32.1. The van der Waals surface area contributed by atoms with Crippen LogP contribution in [0.3, 0.4) is 0 Å². The van der Waals surface area contributed by atoms with E-state index in [9.17, 15) is 14.7 Å². The van der Waals surface area contributed by atoms with Crippen LogP contribution in [0.15, 0.2) is 16.8 Å². The van der Waals surface area contributed by atoms with Crippen LogP contribution in [-0.2, 0) is 16.0 Å². The minimum atomic E-state index is -0.995. The van der Waals surface area contributed by atoms with Gasteiger partial charge in [-0.25, -0.2) is 4.79 Å². The third kappa shape index (κ3) is 2.81. The summed E-state index contributed by atoms with van der Waals surface area (Å²) in [7, 11) is 1.63. The molecule has 0 spiro atoms. The molecule has 0 bridgehead atoms. The van der Waals surface area contributed by atoms with Gasteiger partial charge in [0.1, 0.15) is 5.54 Å². The molecule has 1 aromatic heterocycles. The van der Waals surface area contributed by atoms with Crippen molar-refractivity contribution >= 4 is 23.2 Å². The Bertz CT molecular complexity index is 449. The van der Waals surface area contributed by atoms with Gasteiger partial charge in [-0.2, -0.15) is 11.3 Å². The molecule has 0 radical (unpaired) electrons. The number of amides is 1. The monoisotopic (exact) mass is 281 g/mol. The number of nitrogens with zero attached hydrogens (tertiary/aromatic N) is 1. The lowest BCUT2D eigenvalue weighted by Crippen LogP contribution is -2.56. The third-order valence-corrected chi connectivity index (χ3v) is 4.76. The van der Waals surface area contributed by atoms with Crippen molar-refractivity contribution in [3.8, 4) is 0 Å². The fourth-order valence-corrected chi connectivity index (χ4v) is 3.42. The van der Waals surface area contributed by atoms with Gasteiger partial charge in [0.25, 0.3) is 0 Å². The van der Waals surface area contributed by atoms with Crippen LogP contribution in [0.4, 0.5) is 0 Å². The van der Waals surface area contributed by atoms with E-state index < -0.39 is 11.5 Å². The molecule has 1 aliphatic carbocycles. The van der Waals surface area contributed by atoms with E-state index in [1.807, 2.05) is 16.8 Å². The molecule has 1 N–H and O–H groups in total. The normalized spacial score (nSPS) is 17.9. The summed E-state index contributed by atoms with van der Waals surface area (Å²) in [4.78, 5) is 25.4. The molecule has 0 aliphatic heterocycles. The fourth-order valence-electron chi connectivity index (χ4n) is 2.75. The number of carboxylic acids is 1. The van der Waals surface area contributed by atoms with Crippen LogP contribution in [0.25, 0.3) is 0 Å². The highest BCUT2D eigenvalue weighted by Gasteiger charge is 2.45. The van der Waals surface area contributed by atoms with Gasteiger partial charge in [0.2, 0.25) is 5.91 Å². The number of carboxylic acid groups (broad SMARTS) is 1. The van der Waals surface area contributed by atoms with E-state index in [1.165, 1.54) is 4.90 Å². The van der Waals surface area contributed by atoms with Crippen LogP contribution in [0.1, 0.15) is 37.7 Å². The Balaban J connectivity index is 2.12. The Labute approximate surface area is 117 Å². The molecule has 1 fully saturated rings. The molecule has 4 nitrogen and oxygen atoms in total. The van der Waals surface area contributed by atoms with Crippen molar-refractivity contribution < 1.29 is 14.7 Å². The molecular weight excluding hydrogens is 262 g/mol. The molecule has 1 amide bonds. The van der Waals surface area contributed by atoms with Crippen LogP contribution in [0.2, 0.25) is 0 Å². The SMILES string of the molecule is CN(C(=O)Cc1ccsc1)C1(C(=O)O)CCCCC1. The maximum Gasteiger partial charge on any atom is 0.329 e. The van der Waals surface area contributed by atoms with E-state index in [4.69, 9.17) is 0 Å². The largest absolute Gasteiger partial charge is 0.479 e. The Hall–Kier alpha value is -1.36. The van der Waals surface area contributed by atoms with Crippen LogP contribution in [0, 0.1) is 0 Å². The maximum absolute atomic E-state index is 12.3. The Kier molecular flexibility index (Phi) is 4.24. The number of rotatable bonds is 4. The predicted octanol–water partition coefficient (Wildman–Crippen LogP) is 2.54. The first-order valence-corrected chi connectivity index (χ1v) is 7.52. The summed E-state index contributed by atoms with van der Waals surface area (Å²) < 4.78 is 0. The van der Waals surface area contributed by atoms with Crippen molar-refractivity contribution in [3.63, 3.8) is 0 Å². The van der Waals surface area contributed by atoms with Crippen molar-refractivity contribution in [3.05, 3.63) is 22.4 Å². The second kappa shape index (κ2) is 5.74. The molecule has 0 aromatic carbocycles. The first kappa shape index (κ1) is 14.1. The standard InChI is InChI=1S/C14H19NO3S/c1-15(12(16)9-11-5-8-19-10-11)14(13(17)18)6-3-2-4-7-14/h5,8,10H,2-4,6-7,9H2,1H3,(H,17,18). The van der Waals surface area contributed by atoms with Crippen molar-refractivity contribution in [1.82, 2.24) is 4.90 Å². The Morgan fingerprint density at radius 1 is 1.37 bits per heavy atom. The first-order chi connectivity index (χ1) is 9.06. The van der Waals surface area contributed by atoms with E-state index in [0.29, 0.717) is 12.8 Å². The lowest BCUT2D eigenvalue weighted by atomic mass is 9.80. The van der Waals surface area contributed by atoms with Gasteiger partial charge < -0.3 is 10.0 Å². The number of aliphatic carboxylic acids is 1. The van der Waals surface area contributed by atoms with Gasteiger partial charge in [0.05, 0.1) is 6.42 Å². The van der Waals surface area contributed by atoms with Gasteiger partial charge in [-0.05, 0) is 35.2 Å². The molecule has 0 saturated heterocycles. The zero-order valence-corrected chi connectivity index (χ0v) is 11.9. The number of thiophene rings is 1. The average molecular weight is 281 g/mol. The Morgan fingerprint density at radius 3 is 2.58 bits per heavy atom. The Morgan fingerprint density at radius 2 is 2.05 bits per heavy atom. The molecule has 0 atom stereocenters. The summed E-state index contributed by atoms with van der Waals surface area (Å²) >= 11 is 1.55. The first-order valence-electron chi connectivity index (χ1n) is 6.57. The number of carbonyl (C=O) groups is 2. The second-order valence-corrected chi connectivity index (χ2v) is 5.94. The summed E-state index contributed by atoms with van der Waals surface area (Å²) in [6.07, 6.45) is 4.23. The van der Waals surface area contributed by atoms with Gasteiger partial charge in [0.15, 0.2) is 0 Å². The quantitative estimate of drug-likeness (QED) is 0.922. The maximum atomic E-state index is 12.3. The number of carbonyl (C=O) groups excluding carboxylic acids is 1. The molecule has 5 heteroatoms. The smallest absolute Gasteiger partial charge is 0.329 e. The average Bonchev–Trinajstić information content (AvgIpc) is 2.91. The zero-order chi connectivity index (χ0) is 13.9. The van der Waals surface area contributed by atoms with Crippen LogP contribution >= 0.6 is 11.3 Å². The zero-order valence-electron chi connectivity index (χ0n) is 11.1. The molecule has 1 aromatic rings. The summed E-state index contributed by atoms with van der Waals surface area (Å²) in [6, 6.07) is 1.91. The molecular formula is C14H19NO3S. The lowest BCUT2D eigenvalue weighted by Gasteiger charge is -2.41. The fraction of sp³-hybridized carbons (Fsp3) is 0.571. The molecule has 2 rings (SSSR count). The molecule has 19 heavy (non-hydrogen) atoms. The van der Waals surface area contributed by atoms with E-state index in [2.05, 4.69) is 0 Å². The molecule has 1 heterocycles. The number of hydrogen-bond donors (Lipinski definition) is 1. The summed E-state index contributed by atoms with van der Waals surface area (Å²) in [5, 5.41) is 13.4. The van der Waals surface area contributed by atoms with Crippen molar-refractivity contribution in [2.75, 3.05) is 7.05 Å². The lowest BCUT2D eigenvalue weighted by molar-refractivity contribution is -0.160. The van der Waals surface area contributed by atoms with Crippen LogP contribution in [0.5, 0.6) is 0 Å². The molecule has 1 saturated carbocycles. The second-order valence-electron chi connectivity index (χ2n) is 5.16. The van der Waals surface area contributed by atoms with Crippen LogP contribution in [-0.4, -0.2) is 34.5 Å². The van der Waals surface area contributed by atoms with E-state index >= 15 is 0 Å². The highest BCUT2D eigenvalue weighted by Crippen LogP contribution is 2.33. The third-order valence-electron chi connectivity index (χ3n) is 4.03. The summed E-state index contributed by atoms with van der Waals surface area (Å²) in [5.41, 5.74) is -0.0380. The number of hydrogen-bond acceptors (Lipinski definition) is 3. The molecule has 104 valence electrons. The minimum absolute atomic E-state index is 0.109. The van der Waals surface area contributed by atoms with Gasteiger partial charge in [0, 0.05) is 7.05 Å². The summed E-state index contributed by atoms with van der Waals surface area (Å²) in [5.74, 6) is -0.976. The van der Waals surface area contributed by atoms with Crippen LogP contribution < -0.4 is 0 Å². The van der Waals surface area contributed by atoms with Gasteiger partial charge in [-0.3, -0.25) is 4.79 Å². The molecule has 1 aliphatic rings. The predicted molar refractivity (Wildman–Crippen MR) is 74.2 cm³/mol. The van der Waals surface area contributed by atoms with Crippen molar-refractivity contribution in [2.24, 2.45) is 0 Å². The van der Waals surface area contributed by atoms with E-state index in [1.54, 1.807) is 18.4 Å². The van der Waals surface area contributed by atoms with Crippen molar-refractivity contribution in [1.29, 1.82) is 0 Å². The van der Waals surface area contributed by atoms with Gasteiger partial charge in [-0.15, -0.1) is 0 Å². The number of likely N-dealkylation sites (N-methyl/N-ethyl adjacent to an activating group) is 1. The topological polar surface area (TPSA) is 57.6 Å². The minimum Gasteiger partial charge on any atom is -0.479 e.